The van der Waals surface area contributed by atoms with E-state index in [1.54, 1.807) is 4.90 Å². The van der Waals surface area contributed by atoms with E-state index < -0.39 is 5.82 Å². The molecule has 1 aliphatic rings. The van der Waals surface area contributed by atoms with Crippen LogP contribution >= 0.6 is 0 Å². The van der Waals surface area contributed by atoms with Crippen molar-refractivity contribution in [2.75, 3.05) is 37.0 Å². The summed E-state index contributed by atoms with van der Waals surface area (Å²) in [7, 11) is 3.65. The van der Waals surface area contributed by atoms with Crippen LogP contribution in [0.2, 0.25) is 0 Å². The molecule has 1 fully saturated rings. The molecular formula is C20H26FN5O2. The van der Waals surface area contributed by atoms with E-state index in [1.807, 2.05) is 50.2 Å². The fourth-order valence-corrected chi connectivity index (χ4v) is 3.22. The molecule has 1 aliphatic heterocycles. The fraction of sp³-hybridized carbons (Fsp3) is 0.450. The maximum Gasteiger partial charge on any atom is 0.226 e. The molecule has 1 N–H and O–H groups in total. The number of carbonyl (C=O) groups is 1. The second-order valence-electron chi connectivity index (χ2n) is 7.20. The normalized spacial score (nSPS) is 17.3. The molecule has 0 spiro atoms. The molecule has 28 heavy (non-hydrogen) atoms. The van der Waals surface area contributed by atoms with Crippen LogP contribution in [0.1, 0.15) is 31.9 Å². The fourth-order valence-electron chi connectivity index (χ4n) is 3.22. The zero-order valence-electron chi connectivity index (χ0n) is 16.6. The molecule has 0 bridgehead atoms. The van der Waals surface area contributed by atoms with Crippen molar-refractivity contribution in [3.05, 3.63) is 41.8 Å². The Morgan fingerprint density at radius 2 is 2.07 bits per heavy atom. The van der Waals surface area contributed by atoms with Gasteiger partial charge < -0.3 is 19.9 Å². The average molecular weight is 387 g/mol. The Balaban J connectivity index is 1.62. The summed E-state index contributed by atoms with van der Waals surface area (Å²) < 4.78 is 20.2. The van der Waals surface area contributed by atoms with Crippen molar-refractivity contribution in [1.29, 1.82) is 0 Å². The molecule has 1 aromatic carbocycles. The summed E-state index contributed by atoms with van der Waals surface area (Å²) in [6.07, 6.45) is 1.95. The van der Waals surface area contributed by atoms with Crippen LogP contribution in [0.15, 0.2) is 30.5 Å². The third-order valence-electron chi connectivity index (χ3n) is 4.66. The smallest absolute Gasteiger partial charge is 0.226 e. The molecule has 0 radical (unpaired) electrons. The van der Waals surface area contributed by atoms with Gasteiger partial charge in [-0.05, 0) is 24.6 Å². The monoisotopic (exact) mass is 387 g/mol. The van der Waals surface area contributed by atoms with Crippen LogP contribution in [0.3, 0.4) is 0 Å². The first kappa shape index (κ1) is 19.9. The van der Waals surface area contributed by atoms with Crippen molar-refractivity contribution in [2.45, 2.75) is 32.4 Å². The molecule has 2 heterocycles. The summed E-state index contributed by atoms with van der Waals surface area (Å²) in [4.78, 5) is 23.1. The number of rotatable bonds is 6. The largest absolute Gasteiger partial charge is 0.489 e. The molecule has 1 aromatic heterocycles. The van der Waals surface area contributed by atoms with E-state index in [-0.39, 0.29) is 18.1 Å². The lowest BCUT2D eigenvalue weighted by atomic mass is 10.1. The minimum absolute atomic E-state index is 0.0456. The van der Waals surface area contributed by atoms with Gasteiger partial charge in [0.1, 0.15) is 11.9 Å². The Hall–Kier alpha value is -2.90. The van der Waals surface area contributed by atoms with Gasteiger partial charge in [0.05, 0.1) is 18.8 Å². The number of hydrogen-bond donors (Lipinski definition) is 1. The molecule has 0 saturated carbocycles. The van der Waals surface area contributed by atoms with E-state index in [4.69, 9.17) is 4.74 Å². The molecule has 2 aromatic rings. The first-order valence-corrected chi connectivity index (χ1v) is 9.32. The maximum atomic E-state index is 14.2. The minimum atomic E-state index is -0.428. The molecule has 150 valence electrons. The summed E-state index contributed by atoms with van der Waals surface area (Å²) >= 11 is 0. The summed E-state index contributed by atoms with van der Waals surface area (Å²) in [6, 6.07) is 7.61. The molecule has 1 amide bonds. The Kier molecular flexibility index (Phi) is 5.96. The number of anilines is 2. The SMILES string of the molecule is CC(=O)N[C@@H](C)c1ccc(OC2CCN(c3nc(N(C)C)ncc3F)C2)cc1. The van der Waals surface area contributed by atoms with Crippen LogP contribution in [0, 0.1) is 5.82 Å². The summed E-state index contributed by atoms with van der Waals surface area (Å²) in [5, 5.41) is 2.86. The standard InChI is InChI=1S/C20H26FN5O2/c1-13(23-14(2)27)15-5-7-16(8-6-15)28-17-9-10-26(12-17)19-18(21)11-22-20(24-19)25(3)4/h5-8,11,13,17H,9-10,12H2,1-4H3,(H,23,27)/t13-,17?/m0/s1. The molecule has 2 atom stereocenters. The summed E-state index contributed by atoms with van der Waals surface area (Å²) in [5.41, 5.74) is 1.01. The van der Waals surface area contributed by atoms with E-state index in [9.17, 15) is 9.18 Å². The summed E-state index contributed by atoms with van der Waals surface area (Å²) in [6.45, 7) is 4.67. The van der Waals surface area contributed by atoms with E-state index in [2.05, 4.69) is 15.3 Å². The molecule has 3 rings (SSSR count). The third kappa shape index (κ3) is 4.68. The third-order valence-corrected chi connectivity index (χ3v) is 4.66. The molecule has 1 unspecified atom stereocenters. The molecule has 7 nitrogen and oxygen atoms in total. The zero-order valence-corrected chi connectivity index (χ0v) is 16.6. The molecule has 1 saturated heterocycles. The van der Waals surface area contributed by atoms with E-state index >= 15 is 0 Å². The average Bonchev–Trinajstić information content (AvgIpc) is 3.10. The van der Waals surface area contributed by atoms with Gasteiger partial charge in [-0.3, -0.25) is 4.79 Å². The lowest BCUT2D eigenvalue weighted by Gasteiger charge is -2.20. The van der Waals surface area contributed by atoms with Gasteiger partial charge in [-0.15, -0.1) is 0 Å². The van der Waals surface area contributed by atoms with Crippen molar-refractivity contribution >= 4 is 17.7 Å². The van der Waals surface area contributed by atoms with Gasteiger partial charge in [-0.1, -0.05) is 12.1 Å². The topological polar surface area (TPSA) is 70.6 Å². The number of benzene rings is 1. The van der Waals surface area contributed by atoms with Gasteiger partial charge >= 0.3 is 0 Å². The van der Waals surface area contributed by atoms with Crippen LogP contribution < -0.4 is 19.9 Å². The van der Waals surface area contributed by atoms with Crippen molar-refractivity contribution in [1.82, 2.24) is 15.3 Å². The highest BCUT2D eigenvalue weighted by Gasteiger charge is 2.27. The van der Waals surface area contributed by atoms with Gasteiger partial charge in [0.25, 0.3) is 0 Å². The Bertz CT molecular complexity index is 828. The van der Waals surface area contributed by atoms with Gasteiger partial charge in [0, 0.05) is 34.0 Å². The Morgan fingerprint density at radius 3 is 2.71 bits per heavy atom. The number of aromatic nitrogens is 2. The first-order chi connectivity index (χ1) is 13.3. The molecule has 0 aliphatic carbocycles. The zero-order chi connectivity index (χ0) is 20.3. The predicted molar refractivity (Wildman–Crippen MR) is 106 cm³/mol. The highest BCUT2D eigenvalue weighted by Crippen LogP contribution is 2.26. The second-order valence-corrected chi connectivity index (χ2v) is 7.20. The number of carbonyl (C=O) groups excluding carboxylic acids is 1. The Labute approximate surface area is 164 Å². The highest BCUT2D eigenvalue weighted by atomic mass is 19.1. The van der Waals surface area contributed by atoms with Crippen LogP contribution in [-0.4, -0.2) is 49.2 Å². The van der Waals surface area contributed by atoms with E-state index in [0.29, 0.717) is 24.9 Å². The van der Waals surface area contributed by atoms with Gasteiger partial charge in [0.2, 0.25) is 11.9 Å². The van der Waals surface area contributed by atoms with Crippen LogP contribution in [-0.2, 0) is 4.79 Å². The van der Waals surface area contributed by atoms with Crippen molar-refractivity contribution in [2.24, 2.45) is 0 Å². The quantitative estimate of drug-likeness (QED) is 0.821. The van der Waals surface area contributed by atoms with Crippen molar-refractivity contribution in [3.63, 3.8) is 0 Å². The number of nitrogens with one attached hydrogen (secondary N) is 1. The molecular weight excluding hydrogens is 361 g/mol. The minimum Gasteiger partial charge on any atom is -0.489 e. The number of nitrogens with zero attached hydrogens (tertiary/aromatic N) is 4. The number of halogens is 1. The van der Waals surface area contributed by atoms with Crippen molar-refractivity contribution < 1.29 is 13.9 Å². The number of ether oxygens (including phenoxy) is 1. The summed E-state index contributed by atoms with van der Waals surface area (Å²) in [5.74, 6) is 1.05. The highest BCUT2D eigenvalue weighted by molar-refractivity contribution is 5.73. The number of hydrogen-bond acceptors (Lipinski definition) is 6. The van der Waals surface area contributed by atoms with Crippen LogP contribution in [0.25, 0.3) is 0 Å². The van der Waals surface area contributed by atoms with E-state index in [0.717, 1.165) is 17.7 Å². The first-order valence-electron chi connectivity index (χ1n) is 9.32. The second kappa shape index (κ2) is 8.41. The van der Waals surface area contributed by atoms with E-state index in [1.165, 1.54) is 13.1 Å². The van der Waals surface area contributed by atoms with Gasteiger partial charge in [-0.25, -0.2) is 9.37 Å². The van der Waals surface area contributed by atoms with Crippen LogP contribution in [0.5, 0.6) is 5.75 Å². The maximum absolute atomic E-state index is 14.2. The number of amides is 1. The van der Waals surface area contributed by atoms with Crippen molar-refractivity contribution in [3.8, 4) is 5.75 Å². The lowest BCUT2D eigenvalue weighted by Crippen LogP contribution is -2.27. The molecule has 8 heteroatoms. The van der Waals surface area contributed by atoms with Crippen LogP contribution in [0.4, 0.5) is 16.2 Å². The van der Waals surface area contributed by atoms with Gasteiger partial charge in [-0.2, -0.15) is 4.98 Å². The predicted octanol–water partition coefficient (Wildman–Crippen LogP) is 2.54. The lowest BCUT2D eigenvalue weighted by molar-refractivity contribution is -0.119. The Morgan fingerprint density at radius 1 is 1.36 bits per heavy atom. The van der Waals surface area contributed by atoms with Gasteiger partial charge in [0.15, 0.2) is 11.6 Å².